The minimum Gasteiger partial charge on any atom is -0.351 e. The second-order valence-electron chi connectivity index (χ2n) is 5.30. The number of halogens is 1. The number of nitrogens with one attached hydrogen (secondary N) is 1. The lowest BCUT2D eigenvalue weighted by Crippen LogP contribution is -2.36. The highest BCUT2D eigenvalue weighted by atomic mass is 19.1. The molecule has 3 nitrogen and oxygen atoms in total. The number of pyridine rings is 1. The molecule has 2 rings (SSSR count). The van der Waals surface area contributed by atoms with Crippen molar-refractivity contribution in [1.82, 2.24) is 10.3 Å². The van der Waals surface area contributed by atoms with E-state index in [0.29, 0.717) is 6.54 Å². The molecular formula is C16H17FN2O. The number of hydrogen-bond acceptors (Lipinski definition) is 2. The molecule has 0 atom stereocenters. The number of benzene rings is 1. The monoisotopic (exact) mass is 272 g/mol. The van der Waals surface area contributed by atoms with Crippen LogP contribution in [0.15, 0.2) is 48.7 Å². The Balaban J connectivity index is 2.03. The fraction of sp³-hybridized carbons (Fsp3) is 0.250. The zero-order chi connectivity index (χ0) is 14.6. The van der Waals surface area contributed by atoms with Crippen LogP contribution in [0.5, 0.6) is 0 Å². The molecule has 0 aliphatic rings. The van der Waals surface area contributed by atoms with E-state index in [0.717, 1.165) is 11.6 Å². The van der Waals surface area contributed by atoms with E-state index in [4.69, 9.17) is 0 Å². The predicted molar refractivity (Wildman–Crippen MR) is 76.0 cm³/mol. The Morgan fingerprint density at radius 3 is 2.60 bits per heavy atom. The van der Waals surface area contributed by atoms with Crippen LogP contribution in [0.3, 0.4) is 0 Å². The maximum Gasteiger partial charge on any atom is 0.251 e. The molecule has 1 aromatic carbocycles. The molecule has 20 heavy (non-hydrogen) atoms. The Kier molecular flexibility index (Phi) is 4.13. The molecule has 0 unspecified atom stereocenters. The number of amides is 1. The van der Waals surface area contributed by atoms with E-state index in [1.807, 2.05) is 30.3 Å². The summed E-state index contributed by atoms with van der Waals surface area (Å²) >= 11 is 0. The molecule has 2 aromatic rings. The molecule has 1 aromatic heterocycles. The molecule has 1 amide bonds. The van der Waals surface area contributed by atoms with Crippen LogP contribution in [0.4, 0.5) is 4.39 Å². The SMILES string of the molecule is CC(C)(CNC(=O)c1ccnc(F)c1)c1ccccc1. The molecule has 1 N–H and O–H groups in total. The van der Waals surface area contributed by atoms with E-state index in [2.05, 4.69) is 24.1 Å². The molecule has 0 fully saturated rings. The molecule has 104 valence electrons. The minimum atomic E-state index is -0.653. The first-order valence-electron chi connectivity index (χ1n) is 6.44. The van der Waals surface area contributed by atoms with Crippen LogP contribution in [0, 0.1) is 5.95 Å². The Morgan fingerprint density at radius 2 is 1.95 bits per heavy atom. The van der Waals surface area contributed by atoms with Gasteiger partial charge in [-0.05, 0) is 11.6 Å². The van der Waals surface area contributed by atoms with Crippen molar-refractivity contribution in [1.29, 1.82) is 0 Å². The van der Waals surface area contributed by atoms with Gasteiger partial charge in [-0.3, -0.25) is 4.79 Å². The fourth-order valence-electron chi connectivity index (χ4n) is 1.94. The molecule has 1 heterocycles. The van der Waals surface area contributed by atoms with Gasteiger partial charge in [0.2, 0.25) is 5.95 Å². The number of aromatic nitrogens is 1. The van der Waals surface area contributed by atoms with Gasteiger partial charge in [0.25, 0.3) is 5.91 Å². The van der Waals surface area contributed by atoms with Crippen LogP contribution in [0.25, 0.3) is 0 Å². The van der Waals surface area contributed by atoms with Gasteiger partial charge in [-0.15, -0.1) is 0 Å². The van der Waals surface area contributed by atoms with Crippen molar-refractivity contribution >= 4 is 5.91 Å². The predicted octanol–water partition coefficient (Wildman–Crippen LogP) is 2.93. The van der Waals surface area contributed by atoms with Gasteiger partial charge in [0.05, 0.1) is 0 Å². The Morgan fingerprint density at radius 1 is 1.25 bits per heavy atom. The molecule has 0 aliphatic heterocycles. The first kappa shape index (κ1) is 14.2. The number of carbonyl (C=O) groups is 1. The summed E-state index contributed by atoms with van der Waals surface area (Å²) < 4.78 is 13.0. The van der Waals surface area contributed by atoms with Gasteiger partial charge in [0.1, 0.15) is 0 Å². The van der Waals surface area contributed by atoms with Gasteiger partial charge in [0.15, 0.2) is 0 Å². The van der Waals surface area contributed by atoms with Crippen molar-refractivity contribution in [3.63, 3.8) is 0 Å². The Hall–Kier alpha value is -2.23. The topological polar surface area (TPSA) is 42.0 Å². The maximum atomic E-state index is 13.0. The second kappa shape index (κ2) is 5.82. The van der Waals surface area contributed by atoms with E-state index in [-0.39, 0.29) is 16.9 Å². The average molecular weight is 272 g/mol. The van der Waals surface area contributed by atoms with Crippen LogP contribution < -0.4 is 5.32 Å². The first-order chi connectivity index (χ1) is 9.49. The molecule has 0 saturated heterocycles. The minimum absolute atomic E-state index is 0.192. The molecule has 0 saturated carbocycles. The normalized spacial score (nSPS) is 11.2. The Labute approximate surface area is 117 Å². The average Bonchev–Trinajstić information content (AvgIpc) is 2.46. The van der Waals surface area contributed by atoms with Crippen molar-refractivity contribution in [3.8, 4) is 0 Å². The zero-order valence-corrected chi connectivity index (χ0v) is 11.6. The lowest BCUT2D eigenvalue weighted by atomic mass is 9.84. The van der Waals surface area contributed by atoms with E-state index < -0.39 is 5.95 Å². The van der Waals surface area contributed by atoms with Gasteiger partial charge in [-0.25, -0.2) is 4.98 Å². The van der Waals surface area contributed by atoms with Crippen LogP contribution in [-0.4, -0.2) is 17.4 Å². The van der Waals surface area contributed by atoms with E-state index in [1.165, 1.54) is 12.3 Å². The second-order valence-corrected chi connectivity index (χ2v) is 5.30. The summed E-state index contributed by atoms with van der Waals surface area (Å²) in [6.07, 6.45) is 1.28. The standard InChI is InChI=1S/C16H17FN2O/c1-16(2,13-6-4-3-5-7-13)11-19-15(20)12-8-9-18-14(17)10-12/h3-10H,11H2,1-2H3,(H,19,20). The van der Waals surface area contributed by atoms with Crippen LogP contribution in [0.2, 0.25) is 0 Å². The summed E-state index contributed by atoms with van der Waals surface area (Å²) in [7, 11) is 0. The highest BCUT2D eigenvalue weighted by Gasteiger charge is 2.21. The van der Waals surface area contributed by atoms with Gasteiger partial charge in [-0.1, -0.05) is 44.2 Å². The summed E-state index contributed by atoms with van der Waals surface area (Å²) in [5, 5.41) is 2.83. The van der Waals surface area contributed by atoms with E-state index in [9.17, 15) is 9.18 Å². The number of rotatable bonds is 4. The smallest absolute Gasteiger partial charge is 0.251 e. The van der Waals surface area contributed by atoms with E-state index in [1.54, 1.807) is 0 Å². The highest BCUT2D eigenvalue weighted by Crippen LogP contribution is 2.21. The van der Waals surface area contributed by atoms with Crippen molar-refractivity contribution in [3.05, 3.63) is 65.7 Å². The number of hydrogen-bond donors (Lipinski definition) is 1. The molecule has 0 radical (unpaired) electrons. The van der Waals surface area contributed by atoms with Crippen LogP contribution in [0.1, 0.15) is 29.8 Å². The van der Waals surface area contributed by atoms with Gasteiger partial charge in [-0.2, -0.15) is 4.39 Å². The third kappa shape index (κ3) is 3.41. The molecular weight excluding hydrogens is 255 g/mol. The summed E-state index contributed by atoms with van der Waals surface area (Å²) in [5.41, 5.74) is 1.23. The van der Waals surface area contributed by atoms with Gasteiger partial charge >= 0.3 is 0 Å². The summed E-state index contributed by atoms with van der Waals surface area (Å²) in [6.45, 7) is 4.57. The van der Waals surface area contributed by atoms with Crippen LogP contribution >= 0.6 is 0 Å². The fourth-order valence-corrected chi connectivity index (χ4v) is 1.94. The van der Waals surface area contributed by atoms with Gasteiger partial charge in [0, 0.05) is 29.8 Å². The lowest BCUT2D eigenvalue weighted by molar-refractivity contribution is 0.0945. The summed E-state index contributed by atoms with van der Waals surface area (Å²) in [6, 6.07) is 12.6. The molecule has 0 aliphatic carbocycles. The molecule has 4 heteroatoms. The van der Waals surface area contributed by atoms with Crippen molar-refractivity contribution in [2.75, 3.05) is 6.54 Å². The van der Waals surface area contributed by atoms with Crippen LogP contribution in [-0.2, 0) is 5.41 Å². The van der Waals surface area contributed by atoms with Crippen molar-refractivity contribution in [2.24, 2.45) is 0 Å². The number of carbonyl (C=O) groups excluding carboxylic acids is 1. The highest BCUT2D eigenvalue weighted by molar-refractivity contribution is 5.94. The summed E-state index contributed by atoms with van der Waals surface area (Å²) in [4.78, 5) is 15.4. The number of nitrogens with zero attached hydrogens (tertiary/aromatic N) is 1. The van der Waals surface area contributed by atoms with Crippen molar-refractivity contribution < 1.29 is 9.18 Å². The van der Waals surface area contributed by atoms with Gasteiger partial charge < -0.3 is 5.32 Å². The molecule has 0 spiro atoms. The van der Waals surface area contributed by atoms with Crippen molar-refractivity contribution in [2.45, 2.75) is 19.3 Å². The third-order valence-corrected chi connectivity index (χ3v) is 3.23. The molecule has 0 bridgehead atoms. The maximum absolute atomic E-state index is 13.0. The summed E-state index contributed by atoms with van der Waals surface area (Å²) in [5.74, 6) is -0.949. The van der Waals surface area contributed by atoms with E-state index >= 15 is 0 Å². The Bertz CT molecular complexity index is 596. The first-order valence-corrected chi connectivity index (χ1v) is 6.44. The third-order valence-electron chi connectivity index (χ3n) is 3.23. The largest absolute Gasteiger partial charge is 0.351 e. The zero-order valence-electron chi connectivity index (χ0n) is 11.6. The quantitative estimate of drug-likeness (QED) is 0.869. The lowest BCUT2D eigenvalue weighted by Gasteiger charge is -2.25.